The van der Waals surface area contributed by atoms with Gasteiger partial charge in [0.25, 0.3) is 5.91 Å². The van der Waals surface area contributed by atoms with E-state index in [-0.39, 0.29) is 24.0 Å². The van der Waals surface area contributed by atoms with Crippen molar-refractivity contribution in [2.75, 3.05) is 20.8 Å². The third-order valence-corrected chi connectivity index (χ3v) is 3.39. The van der Waals surface area contributed by atoms with Crippen LogP contribution in [0.1, 0.15) is 40.1 Å². The zero-order chi connectivity index (χ0) is 17.5. The molecule has 0 fully saturated rings. The number of rotatable bonds is 7. The molecular formula is C17H20N2O5. The van der Waals surface area contributed by atoms with Gasteiger partial charge in [-0.1, -0.05) is 19.1 Å². The molecule has 0 saturated carbocycles. The summed E-state index contributed by atoms with van der Waals surface area (Å²) in [5, 5.41) is 0. The number of nitrogens with zero attached hydrogens (tertiary/aromatic N) is 2. The molecule has 0 aliphatic heterocycles. The highest BCUT2D eigenvalue weighted by Crippen LogP contribution is 2.20. The Balaban J connectivity index is 2.21. The molecule has 0 N–H and O–H groups in total. The van der Waals surface area contributed by atoms with Gasteiger partial charge >= 0.3 is 5.97 Å². The molecule has 0 bridgehead atoms. The molecule has 0 atom stereocenters. The normalized spacial score (nSPS) is 10.3. The van der Waals surface area contributed by atoms with Gasteiger partial charge < -0.3 is 18.8 Å². The molecule has 2 rings (SSSR count). The highest BCUT2D eigenvalue weighted by molar-refractivity contribution is 5.96. The molecule has 0 aliphatic rings. The molecule has 24 heavy (non-hydrogen) atoms. The fourth-order valence-electron chi connectivity index (χ4n) is 2.26. The highest BCUT2D eigenvalue weighted by Gasteiger charge is 2.21. The van der Waals surface area contributed by atoms with E-state index in [4.69, 9.17) is 9.15 Å². The van der Waals surface area contributed by atoms with Crippen molar-refractivity contribution in [3.8, 4) is 5.75 Å². The first kappa shape index (κ1) is 17.5. The largest absolute Gasteiger partial charge is 0.496 e. The van der Waals surface area contributed by atoms with Gasteiger partial charge in [-0.3, -0.25) is 4.79 Å². The number of aromatic nitrogens is 1. The molecule has 0 radical (unpaired) electrons. The number of ether oxygens (including phenoxy) is 2. The smallest absolute Gasteiger partial charge is 0.360 e. The summed E-state index contributed by atoms with van der Waals surface area (Å²) in [7, 11) is 2.79. The lowest BCUT2D eigenvalue weighted by atomic mass is 10.1. The number of oxazole rings is 1. The predicted molar refractivity (Wildman–Crippen MR) is 85.9 cm³/mol. The van der Waals surface area contributed by atoms with Crippen molar-refractivity contribution in [1.29, 1.82) is 0 Å². The maximum Gasteiger partial charge on any atom is 0.360 e. The summed E-state index contributed by atoms with van der Waals surface area (Å²) in [5.74, 6) is 0.00793. The standard InChI is InChI=1S/C17H20N2O5/c1-4-9-19(10-15-18-13(11-24-15)17(21)23-3)16(20)12-7-5-6-8-14(12)22-2/h5-8,11H,4,9-10H2,1-3H3. The molecule has 1 heterocycles. The zero-order valence-corrected chi connectivity index (χ0v) is 13.9. The Hall–Kier alpha value is -2.83. The summed E-state index contributed by atoms with van der Waals surface area (Å²) >= 11 is 0. The Morgan fingerprint density at radius 2 is 2.00 bits per heavy atom. The van der Waals surface area contributed by atoms with Crippen LogP contribution in [0.15, 0.2) is 34.9 Å². The van der Waals surface area contributed by atoms with Crippen LogP contribution in [0.25, 0.3) is 0 Å². The van der Waals surface area contributed by atoms with Crippen LogP contribution in [-0.4, -0.2) is 42.5 Å². The fraction of sp³-hybridized carbons (Fsp3) is 0.353. The predicted octanol–water partition coefficient (Wildman–Crippen LogP) is 2.52. The minimum absolute atomic E-state index is 0.0775. The van der Waals surface area contributed by atoms with Crippen LogP contribution >= 0.6 is 0 Å². The molecule has 0 spiro atoms. The zero-order valence-electron chi connectivity index (χ0n) is 13.9. The molecular weight excluding hydrogens is 312 g/mol. The summed E-state index contributed by atoms with van der Waals surface area (Å²) in [5.41, 5.74) is 0.543. The van der Waals surface area contributed by atoms with Crippen LogP contribution in [0.4, 0.5) is 0 Å². The SMILES string of the molecule is CCCN(Cc1nc(C(=O)OC)co1)C(=O)c1ccccc1OC. The quantitative estimate of drug-likeness (QED) is 0.725. The van der Waals surface area contributed by atoms with Gasteiger partial charge in [0.1, 0.15) is 12.0 Å². The van der Waals surface area contributed by atoms with Gasteiger partial charge in [0.15, 0.2) is 5.69 Å². The second-order valence-corrected chi connectivity index (χ2v) is 5.05. The van der Waals surface area contributed by atoms with Gasteiger partial charge in [-0.15, -0.1) is 0 Å². The fourth-order valence-corrected chi connectivity index (χ4v) is 2.26. The van der Waals surface area contributed by atoms with Crippen molar-refractivity contribution in [2.24, 2.45) is 0 Å². The molecule has 128 valence electrons. The highest BCUT2D eigenvalue weighted by atomic mass is 16.5. The van der Waals surface area contributed by atoms with Crippen molar-refractivity contribution in [3.63, 3.8) is 0 Å². The minimum atomic E-state index is -0.580. The molecule has 7 heteroatoms. The first-order valence-corrected chi connectivity index (χ1v) is 7.55. The van der Waals surface area contributed by atoms with E-state index in [1.165, 1.54) is 20.5 Å². The van der Waals surface area contributed by atoms with E-state index in [2.05, 4.69) is 9.72 Å². The third-order valence-electron chi connectivity index (χ3n) is 3.39. The molecule has 2 aromatic rings. The number of methoxy groups -OCH3 is 2. The summed E-state index contributed by atoms with van der Waals surface area (Å²) in [6, 6.07) is 7.02. The van der Waals surface area contributed by atoms with Gasteiger partial charge in [0.2, 0.25) is 5.89 Å². The maximum absolute atomic E-state index is 12.8. The molecule has 0 unspecified atom stereocenters. The molecule has 1 amide bonds. The number of carbonyl (C=O) groups is 2. The van der Waals surface area contributed by atoms with Crippen molar-refractivity contribution in [3.05, 3.63) is 47.7 Å². The topological polar surface area (TPSA) is 81.9 Å². The van der Waals surface area contributed by atoms with Gasteiger partial charge in [0, 0.05) is 6.54 Å². The molecule has 0 saturated heterocycles. The van der Waals surface area contributed by atoms with Crippen LogP contribution in [0, 0.1) is 0 Å². The average molecular weight is 332 g/mol. The summed E-state index contributed by atoms with van der Waals surface area (Å²) in [6.07, 6.45) is 1.99. The summed E-state index contributed by atoms with van der Waals surface area (Å²) < 4.78 is 15.1. The first-order chi connectivity index (χ1) is 11.6. The van der Waals surface area contributed by atoms with Crippen molar-refractivity contribution in [2.45, 2.75) is 19.9 Å². The first-order valence-electron chi connectivity index (χ1n) is 7.55. The number of benzene rings is 1. The van der Waals surface area contributed by atoms with Crippen LogP contribution < -0.4 is 4.74 Å². The van der Waals surface area contributed by atoms with Gasteiger partial charge in [-0.2, -0.15) is 0 Å². The molecule has 0 aliphatic carbocycles. The van der Waals surface area contributed by atoms with E-state index in [1.807, 2.05) is 6.92 Å². The lowest BCUT2D eigenvalue weighted by Crippen LogP contribution is -2.31. The van der Waals surface area contributed by atoms with Crippen molar-refractivity contribution < 1.29 is 23.5 Å². The number of amides is 1. The number of esters is 1. The summed E-state index contributed by atoms with van der Waals surface area (Å²) in [4.78, 5) is 29.9. The van der Waals surface area contributed by atoms with Gasteiger partial charge in [-0.05, 0) is 18.6 Å². The maximum atomic E-state index is 12.8. The van der Waals surface area contributed by atoms with Crippen LogP contribution in [0.5, 0.6) is 5.75 Å². The minimum Gasteiger partial charge on any atom is -0.496 e. The lowest BCUT2D eigenvalue weighted by Gasteiger charge is -2.21. The summed E-state index contributed by atoms with van der Waals surface area (Å²) in [6.45, 7) is 2.65. The molecule has 7 nitrogen and oxygen atoms in total. The van der Waals surface area contributed by atoms with Crippen molar-refractivity contribution >= 4 is 11.9 Å². The van der Waals surface area contributed by atoms with Crippen LogP contribution in [0.3, 0.4) is 0 Å². The Morgan fingerprint density at radius 3 is 2.67 bits per heavy atom. The van der Waals surface area contributed by atoms with E-state index in [9.17, 15) is 9.59 Å². The van der Waals surface area contributed by atoms with Crippen molar-refractivity contribution in [1.82, 2.24) is 9.88 Å². The van der Waals surface area contributed by atoms with Crippen LogP contribution in [-0.2, 0) is 11.3 Å². The molecule has 1 aromatic carbocycles. The second-order valence-electron chi connectivity index (χ2n) is 5.05. The second kappa shape index (κ2) is 8.14. The number of hydrogen-bond donors (Lipinski definition) is 0. The number of para-hydroxylation sites is 1. The van der Waals surface area contributed by atoms with E-state index in [1.54, 1.807) is 29.2 Å². The molecule has 1 aromatic heterocycles. The van der Waals surface area contributed by atoms with E-state index in [0.717, 1.165) is 6.42 Å². The third kappa shape index (κ3) is 3.92. The lowest BCUT2D eigenvalue weighted by molar-refractivity contribution is 0.0594. The van der Waals surface area contributed by atoms with Crippen LogP contribution in [0.2, 0.25) is 0 Å². The Morgan fingerprint density at radius 1 is 1.25 bits per heavy atom. The average Bonchev–Trinajstić information content (AvgIpc) is 3.08. The van der Waals surface area contributed by atoms with Gasteiger partial charge in [0.05, 0.1) is 26.3 Å². The Labute approximate surface area is 140 Å². The number of hydrogen-bond acceptors (Lipinski definition) is 6. The van der Waals surface area contributed by atoms with Gasteiger partial charge in [-0.25, -0.2) is 9.78 Å². The monoisotopic (exact) mass is 332 g/mol. The Bertz CT molecular complexity index is 711. The van der Waals surface area contributed by atoms with E-state index < -0.39 is 5.97 Å². The Kier molecular flexibility index (Phi) is 5.95. The number of carbonyl (C=O) groups excluding carboxylic acids is 2. The van der Waals surface area contributed by atoms with E-state index >= 15 is 0 Å². The van der Waals surface area contributed by atoms with E-state index in [0.29, 0.717) is 17.9 Å².